The van der Waals surface area contributed by atoms with E-state index >= 15 is 0 Å². The number of benzene rings is 2. The van der Waals surface area contributed by atoms with E-state index < -0.39 is 0 Å². The smallest absolute Gasteiger partial charge is 0.227 e. The van der Waals surface area contributed by atoms with Crippen LogP contribution in [0.25, 0.3) is 11.3 Å². The molecular formula is C22H24N4. The van der Waals surface area contributed by atoms with E-state index in [4.69, 9.17) is 9.97 Å². The van der Waals surface area contributed by atoms with Gasteiger partial charge in [-0.1, -0.05) is 60.7 Å². The highest BCUT2D eigenvalue weighted by Crippen LogP contribution is 2.24. The molecule has 3 aromatic rings. The van der Waals surface area contributed by atoms with Crippen molar-refractivity contribution in [3.05, 3.63) is 72.3 Å². The molecule has 0 bridgehead atoms. The second-order valence-electron chi connectivity index (χ2n) is 6.66. The fraction of sp³-hybridized carbons (Fsp3) is 0.273. The van der Waals surface area contributed by atoms with Crippen molar-refractivity contribution in [1.82, 2.24) is 9.97 Å². The molecular weight excluding hydrogens is 320 g/mol. The number of nitrogens with one attached hydrogen (secondary N) is 1. The molecule has 2 aromatic carbocycles. The van der Waals surface area contributed by atoms with E-state index in [-0.39, 0.29) is 0 Å². The molecule has 4 nitrogen and oxygen atoms in total. The summed E-state index contributed by atoms with van der Waals surface area (Å²) < 4.78 is 0. The molecule has 132 valence electrons. The molecule has 0 aliphatic carbocycles. The molecule has 0 atom stereocenters. The lowest BCUT2D eigenvalue weighted by Gasteiger charge is -2.18. The van der Waals surface area contributed by atoms with E-state index in [1.54, 1.807) is 0 Å². The van der Waals surface area contributed by atoms with Crippen LogP contribution in [0.4, 0.5) is 11.8 Å². The molecule has 1 aliphatic rings. The summed E-state index contributed by atoms with van der Waals surface area (Å²) in [4.78, 5) is 11.9. The minimum absolute atomic E-state index is 0.839. The van der Waals surface area contributed by atoms with Crippen molar-refractivity contribution in [1.29, 1.82) is 0 Å². The molecule has 0 unspecified atom stereocenters. The molecule has 0 spiro atoms. The van der Waals surface area contributed by atoms with Gasteiger partial charge in [0.2, 0.25) is 5.95 Å². The second-order valence-corrected chi connectivity index (χ2v) is 6.66. The Bertz CT molecular complexity index is 827. The van der Waals surface area contributed by atoms with E-state index in [0.29, 0.717) is 0 Å². The van der Waals surface area contributed by atoms with Gasteiger partial charge in [0.15, 0.2) is 0 Å². The zero-order valence-corrected chi connectivity index (χ0v) is 14.9. The summed E-state index contributed by atoms with van der Waals surface area (Å²) in [6.45, 7) is 2.94. The number of hydrogen-bond acceptors (Lipinski definition) is 4. The molecule has 1 aliphatic heterocycles. The number of anilines is 2. The molecule has 1 saturated heterocycles. The first-order valence-electron chi connectivity index (χ1n) is 9.36. The largest absolute Gasteiger partial charge is 0.370 e. The molecule has 1 aromatic heterocycles. The first kappa shape index (κ1) is 16.6. The lowest BCUT2D eigenvalue weighted by Crippen LogP contribution is -2.21. The zero-order valence-electron chi connectivity index (χ0n) is 14.9. The van der Waals surface area contributed by atoms with Gasteiger partial charge in [0.05, 0.1) is 5.69 Å². The van der Waals surface area contributed by atoms with Crippen LogP contribution in [0.15, 0.2) is 66.7 Å². The van der Waals surface area contributed by atoms with Gasteiger partial charge >= 0.3 is 0 Å². The van der Waals surface area contributed by atoms with Crippen molar-refractivity contribution in [2.45, 2.75) is 19.3 Å². The summed E-state index contributed by atoms with van der Waals surface area (Å²) in [5.74, 6) is 1.74. The van der Waals surface area contributed by atoms with E-state index in [0.717, 1.165) is 49.1 Å². The Kier molecular flexibility index (Phi) is 5.10. The summed E-state index contributed by atoms with van der Waals surface area (Å²) >= 11 is 0. The predicted molar refractivity (Wildman–Crippen MR) is 108 cm³/mol. The monoisotopic (exact) mass is 344 g/mol. The summed E-state index contributed by atoms with van der Waals surface area (Å²) in [6.07, 6.45) is 3.41. The van der Waals surface area contributed by atoms with E-state index in [9.17, 15) is 0 Å². The van der Waals surface area contributed by atoms with Crippen molar-refractivity contribution in [2.75, 3.05) is 29.9 Å². The van der Waals surface area contributed by atoms with Gasteiger partial charge in [-0.15, -0.1) is 0 Å². The SMILES string of the molecule is c1ccc(CCNc2cc(-c3ccccc3)nc(N3CCCC3)n2)cc1. The number of rotatable bonds is 6. The van der Waals surface area contributed by atoms with Crippen molar-refractivity contribution >= 4 is 11.8 Å². The highest BCUT2D eigenvalue weighted by molar-refractivity contribution is 5.64. The Labute approximate surface area is 154 Å². The number of nitrogens with zero attached hydrogens (tertiary/aromatic N) is 3. The Balaban J connectivity index is 1.55. The molecule has 4 rings (SSSR count). The van der Waals surface area contributed by atoms with Gasteiger partial charge in [0.25, 0.3) is 0 Å². The van der Waals surface area contributed by atoms with E-state index in [1.807, 2.05) is 6.07 Å². The van der Waals surface area contributed by atoms with Gasteiger partial charge in [-0.2, -0.15) is 4.98 Å². The Morgan fingerprint density at radius 3 is 2.27 bits per heavy atom. The Morgan fingerprint density at radius 1 is 0.846 bits per heavy atom. The predicted octanol–water partition coefficient (Wildman–Crippen LogP) is 4.40. The lowest BCUT2D eigenvalue weighted by atomic mass is 10.1. The average Bonchev–Trinajstić information content (AvgIpc) is 3.24. The van der Waals surface area contributed by atoms with E-state index in [2.05, 4.69) is 70.9 Å². The maximum absolute atomic E-state index is 4.83. The number of hydrogen-bond donors (Lipinski definition) is 1. The first-order chi connectivity index (χ1) is 12.9. The van der Waals surface area contributed by atoms with Crippen molar-refractivity contribution in [3.8, 4) is 11.3 Å². The quantitative estimate of drug-likeness (QED) is 0.720. The topological polar surface area (TPSA) is 41.1 Å². The van der Waals surface area contributed by atoms with Crippen LogP contribution < -0.4 is 10.2 Å². The highest BCUT2D eigenvalue weighted by Gasteiger charge is 2.17. The van der Waals surface area contributed by atoms with E-state index in [1.165, 1.54) is 18.4 Å². The van der Waals surface area contributed by atoms with Crippen LogP contribution in [0.3, 0.4) is 0 Å². The van der Waals surface area contributed by atoms with Crippen LogP contribution in [0.5, 0.6) is 0 Å². The van der Waals surface area contributed by atoms with Crippen molar-refractivity contribution in [3.63, 3.8) is 0 Å². The van der Waals surface area contributed by atoms with Crippen molar-refractivity contribution in [2.24, 2.45) is 0 Å². The van der Waals surface area contributed by atoms with Crippen LogP contribution in [-0.4, -0.2) is 29.6 Å². The third kappa shape index (κ3) is 4.02. The minimum Gasteiger partial charge on any atom is -0.370 e. The molecule has 0 saturated carbocycles. The van der Waals surface area contributed by atoms with Gasteiger partial charge in [0, 0.05) is 31.3 Å². The fourth-order valence-electron chi connectivity index (χ4n) is 3.32. The van der Waals surface area contributed by atoms with Crippen molar-refractivity contribution < 1.29 is 0 Å². The third-order valence-corrected chi connectivity index (χ3v) is 4.74. The molecule has 0 radical (unpaired) electrons. The minimum atomic E-state index is 0.839. The molecule has 26 heavy (non-hydrogen) atoms. The van der Waals surface area contributed by atoms with Crippen LogP contribution in [-0.2, 0) is 6.42 Å². The molecule has 1 N–H and O–H groups in total. The molecule has 0 amide bonds. The zero-order chi connectivity index (χ0) is 17.6. The van der Waals surface area contributed by atoms with Gasteiger partial charge < -0.3 is 10.2 Å². The van der Waals surface area contributed by atoms with Crippen LogP contribution >= 0.6 is 0 Å². The van der Waals surface area contributed by atoms with Crippen LogP contribution in [0, 0.1) is 0 Å². The maximum atomic E-state index is 4.83. The first-order valence-corrected chi connectivity index (χ1v) is 9.36. The molecule has 4 heteroatoms. The number of aromatic nitrogens is 2. The highest BCUT2D eigenvalue weighted by atomic mass is 15.3. The summed E-state index contributed by atoms with van der Waals surface area (Å²) in [7, 11) is 0. The maximum Gasteiger partial charge on any atom is 0.227 e. The summed E-state index contributed by atoms with van der Waals surface area (Å²) in [5.41, 5.74) is 3.43. The van der Waals surface area contributed by atoms with Crippen LogP contribution in [0.1, 0.15) is 18.4 Å². The summed E-state index contributed by atoms with van der Waals surface area (Å²) in [5, 5.41) is 3.49. The van der Waals surface area contributed by atoms with Gasteiger partial charge in [-0.25, -0.2) is 4.98 Å². The Morgan fingerprint density at radius 2 is 1.54 bits per heavy atom. The molecule has 2 heterocycles. The third-order valence-electron chi connectivity index (χ3n) is 4.74. The van der Waals surface area contributed by atoms with Gasteiger partial charge in [-0.05, 0) is 24.8 Å². The lowest BCUT2D eigenvalue weighted by molar-refractivity contribution is 0.896. The summed E-state index contributed by atoms with van der Waals surface area (Å²) in [6, 6.07) is 22.9. The van der Waals surface area contributed by atoms with Gasteiger partial charge in [0.1, 0.15) is 5.82 Å². The normalized spacial score (nSPS) is 13.8. The second kappa shape index (κ2) is 8.00. The molecule has 1 fully saturated rings. The Hall–Kier alpha value is -2.88. The van der Waals surface area contributed by atoms with Gasteiger partial charge in [-0.3, -0.25) is 0 Å². The average molecular weight is 344 g/mol. The fourth-order valence-corrected chi connectivity index (χ4v) is 3.32. The standard InChI is InChI=1S/C22H24N4/c1-3-9-18(10-4-1)13-14-23-21-17-20(19-11-5-2-6-12-19)24-22(25-21)26-15-7-8-16-26/h1-6,9-12,17H,7-8,13-16H2,(H,23,24,25). The van der Waals surface area contributed by atoms with Crippen LogP contribution in [0.2, 0.25) is 0 Å².